The molecule has 0 spiro atoms. The number of aromatic nitrogens is 1. The number of nitriles is 1. The lowest BCUT2D eigenvalue weighted by Gasteiger charge is -2.25. The Labute approximate surface area is 135 Å². The zero-order valence-electron chi connectivity index (χ0n) is 13.6. The van der Waals surface area contributed by atoms with Crippen molar-refractivity contribution in [1.29, 1.82) is 10.7 Å². The molecule has 2 heterocycles. The van der Waals surface area contributed by atoms with Crippen LogP contribution >= 0.6 is 0 Å². The molecule has 0 radical (unpaired) electrons. The second-order valence-electron chi connectivity index (χ2n) is 5.51. The van der Waals surface area contributed by atoms with Crippen LogP contribution in [0.15, 0.2) is 18.2 Å². The Bertz CT molecular complexity index is 875. The van der Waals surface area contributed by atoms with E-state index in [0.717, 1.165) is 35.4 Å². The van der Waals surface area contributed by atoms with Crippen LogP contribution in [0.3, 0.4) is 0 Å². The molecule has 3 rings (SSSR count). The summed E-state index contributed by atoms with van der Waals surface area (Å²) in [6.07, 6.45) is 1.53. The fourth-order valence-corrected chi connectivity index (χ4v) is 3.18. The van der Waals surface area contributed by atoms with E-state index in [4.69, 9.17) is 14.9 Å². The van der Waals surface area contributed by atoms with Crippen molar-refractivity contribution in [2.45, 2.75) is 26.3 Å². The third-order valence-electron chi connectivity index (χ3n) is 4.41. The lowest BCUT2D eigenvalue weighted by Crippen LogP contribution is -2.29. The fraction of sp³-hybridized carbons (Fsp3) is 0.333. The molecule has 1 aromatic carbocycles. The monoisotopic (exact) mass is 309 g/mol. The first kappa shape index (κ1) is 15.2. The van der Waals surface area contributed by atoms with E-state index in [-0.39, 0.29) is 0 Å². The van der Waals surface area contributed by atoms with Crippen molar-refractivity contribution in [1.82, 2.24) is 4.57 Å². The Morgan fingerprint density at radius 2 is 1.91 bits per heavy atom. The third-order valence-corrected chi connectivity index (χ3v) is 4.41. The Balaban J connectivity index is 2.31. The van der Waals surface area contributed by atoms with E-state index in [2.05, 4.69) is 6.07 Å². The molecule has 1 aliphatic heterocycles. The van der Waals surface area contributed by atoms with Gasteiger partial charge in [-0.25, -0.2) is 0 Å². The van der Waals surface area contributed by atoms with Gasteiger partial charge in [0.25, 0.3) is 0 Å². The maximum atomic E-state index is 9.36. The number of nitrogens with one attached hydrogen (secondary N) is 1. The molecule has 118 valence electrons. The SMILES string of the molecule is CCc1cc2n(c(=N)c1C#N)CCc1cc(OC)c(OC)cc1-2. The second-order valence-corrected chi connectivity index (χ2v) is 5.51. The van der Waals surface area contributed by atoms with Crippen molar-refractivity contribution in [2.75, 3.05) is 14.2 Å². The quantitative estimate of drug-likeness (QED) is 0.947. The number of nitrogens with zero attached hydrogens (tertiary/aromatic N) is 2. The first-order chi connectivity index (χ1) is 11.1. The van der Waals surface area contributed by atoms with Gasteiger partial charge in [0, 0.05) is 12.1 Å². The number of hydrogen-bond donors (Lipinski definition) is 1. The lowest BCUT2D eigenvalue weighted by molar-refractivity contribution is 0.354. The van der Waals surface area contributed by atoms with Gasteiger partial charge in [0.15, 0.2) is 11.5 Å². The smallest absolute Gasteiger partial charge is 0.161 e. The number of benzene rings is 1. The number of fused-ring (bicyclic) bond motifs is 3. The second kappa shape index (κ2) is 5.81. The topological polar surface area (TPSA) is 71.0 Å². The van der Waals surface area contributed by atoms with E-state index < -0.39 is 0 Å². The molecule has 5 nitrogen and oxygen atoms in total. The Morgan fingerprint density at radius 3 is 2.52 bits per heavy atom. The molecule has 0 saturated carbocycles. The van der Waals surface area contributed by atoms with Crippen LogP contribution in [0.4, 0.5) is 0 Å². The molecular formula is C18H19N3O2. The third kappa shape index (κ3) is 2.27. The van der Waals surface area contributed by atoms with E-state index in [1.807, 2.05) is 29.7 Å². The summed E-state index contributed by atoms with van der Waals surface area (Å²) in [6.45, 7) is 2.69. The first-order valence-corrected chi connectivity index (χ1v) is 7.61. The van der Waals surface area contributed by atoms with Crippen LogP contribution in [0.1, 0.15) is 23.6 Å². The van der Waals surface area contributed by atoms with E-state index >= 15 is 0 Å². The average molecular weight is 309 g/mol. The number of aryl methyl sites for hydroxylation is 2. The van der Waals surface area contributed by atoms with Crippen LogP contribution in [-0.4, -0.2) is 18.8 Å². The van der Waals surface area contributed by atoms with Crippen LogP contribution < -0.4 is 15.0 Å². The fourth-order valence-electron chi connectivity index (χ4n) is 3.18. The molecule has 0 bridgehead atoms. The number of hydrogen-bond acceptors (Lipinski definition) is 4. The Kier molecular flexibility index (Phi) is 3.83. The molecule has 23 heavy (non-hydrogen) atoms. The highest BCUT2D eigenvalue weighted by Crippen LogP contribution is 2.38. The van der Waals surface area contributed by atoms with E-state index in [0.29, 0.717) is 23.3 Å². The van der Waals surface area contributed by atoms with Crippen molar-refractivity contribution >= 4 is 0 Å². The summed E-state index contributed by atoms with van der Waals surface area (Å²) in [4.78, 5) is 0. The number of ether oxygens (including phenoxy) is 2. The predicted molar refractivity (Wildman–Crippen MR) is 86.6 cm³/mol. The summed E-state index contributed by atoms with van der Waals surface area (Å²) in [5.41, 5.74) is 4.86. The van der Waals surface area contributed by atoms with Gasteiger partial charge in [-0.3, -0.25) is 5.41 Å². The van der Waals surface area contributed by atoms with Crippen molar-refractivity contribution < 1.29 is 9.47 Å². The summed E-state index contributed by atoms with van der Waals surface area (Å²) in [6, 6.07) is 8.17. The first-order valence-electron chi connectivity index (χ1n) is 7.61. The molecule has 0 saturated heterocycles. The largest absolute Gasteiger partial charge is 0.493 e. The molecule has 5 heteroatoms. The van der Waals surface area contributed by atoms with Crippen LogP contribution in [0.25, 0.3) is 11.3 Å². The summed E-state index contributed by atoms with van der Waals surface area (Å²) in [5, 5.41) is 17.7. The van der Waals surface area contributed by atoms with Gasteiger partial charge in [0.05, 0.1) is 25.5 Å². The van der Waals surface area contributed by atoms with Crippen molar-refractivity contribution in [3.63, 3.8) is 0 Å². The summed E-state index contributed by atoms with van der Waals surface area (Å²) >= 11 is 0. The number of pyridine rings is 1. The zero-order chi connectivity index (χ0) is 16.6. The Hall–Kier alpha value is -2.74. The molecule has 1 aliphatic rings. The van der Waals surface area contributed by atoms with E-state index in [9.17, 15) is 5.26 Å². The molecule has 0 amide bonds. The minimum absolute atomic E-state index is 0.294. The van der Waals surface area contributed by atoms with Gasteiger partial charge in [-0.05, 0) is 42.2 Å². The number of rotatable bonds is 3. The highest BCUT2D eigenvalue weighted by molar-refractivity contribution is 5.71. The zero-order valence-corrected chi connectivity index (χ0v) is 13.6. The molecule has 0 atom stereocenters. The lowest BCUT2D eigenvalue weighted by atomic mass is 9.94. The van der Waals surface area contributed by atoms with Gasteiger partial charge in [-0.15, -0.1) is 0 Å². The van der Waals surface area contributed by atoms with Crippen LogP contribution in [0.5, 0.6) is 11.5 Å². The van der Waals surface area contributed by atoms with Gasteiger partial charge in [0.1, 0.15) is 11.6 Å². The number of methoxy groups -OCH3 is 2. The van der Waals surface area contributed by atoms with Gasteiger partial charge >= 0.3 is 0 Å². The molecule has 0 aliphatic carbocycles. The van der Waals surface area contributed by atoms with Crippen molar-refractivity contribution in [3.05, 3.63) is 40.4 Å². The highest BCUT2D eigenvalue weighted by Gasteiger charge is 2.21. The van der Waals surface area contributed by atoms with E-state index in [1.54, 1.807) is 14.2 Å². The molecule has 0 fully saturated rings. The van der Waals surface area contributed by atoms with E-state index in [1.165, 1.54) is 5.56 Å². The summed E-state index contributed by atoms with van der Waals surface area (Å²) < 4.78 is 12.7. The summed E-state index contributed by atoms with van der Waals surface area (Å²) in [7, 11) is 3.25. The maximum Gasteiger partial charge on any atom is 0.161 e. The predicted octanol–water partition coefficient (Wildman–Crippen LogP) is 2.64. The Morgan fingerprint density at radius 1 is 1.22 bits per heavy atom. The average Bonchev–Trinajstić information content (AvgIpc) is 2.59. The van der Waals surface area contributed by atoms with Gasteiger partial charge in [-0.1, -0.05) is 6.92 Å². The molecule has 1 aromatic heterocycles. The molecule has 0 unspecified atom stereocenters. The highest BCUT2D eigenvalue weighted by atomic mass is 16.5. The van der Waals surface area contributed by atoms with Crippen molar-refractivity contribution in [3.8, 4) is 28.8 Å². The van der Waals surface area contributed by atoms with Crippen LogP contribution in [0.2, 0.25) is 0 Å². The van der Waals surface area contributed by atoms with Crippen LogP contribution in [-0.2, 0) is 19.4 Å². The van der Waals surface area contributed by atoms with Crippen molar-refractivity contribution in [2.24, 2.45) is 0 Å². The minimum atomic E-state index is 0.294. The normalized spacial score (nSPS) is 12.1. The molecular weight excluding hydrogens is 290 g/mol. The molecule has 2 aromatic rings. The van der Waals surface area contributed by atoms with Gasteiger partial charge < -0.3 is 14.0 Å². The minimum Gasteiger partial charge on any atom is -0.493 e. The molecule has 1 N–H and O–H groups in total. The maximum absolute atomic E-state index is 9.36. The van der Waals surface area contributed by atoms with Gasteiger partial charge in [-0.2, -0.15) is 5.26 Å². The van der Waals surface area contributed by atoms with Gasteiger partial charge in [0.2, 0.25) is 0 Å². The van der Waals surface area contributed by atoms with Crippen LogP contribution in [0, 0.1) is 16.7 Å². The summed E-state index contributed by atoms with van der Waals surface area (Å²) in [5.74, 6) is 1.39. The standard InChI is InChI=1S/C18H19N3O2/c1-4-11-7-15-13-9-17(23-3)16(22-2)8-12(13)5-6-21(15)18(20)14(11)10-19/h7-9,20H,4-6H2,1-3H3.